The van der Waals surface area contributed by atoms with E-state index in [2.05, 4.69) is 6.07 Å². The van der Waals surface area contributed by atoms with E-state index in [-0.39, 0.29) is 0 Å². The quantitative estimate of drug-likeness (QED) is 0.815. The number of aryl methyl sites for hydroxylation is 3. The highest BCUT2D eigenvalue weighted by Crippen LogP contribution is 2.17. The van der Waals surface area contributed by atoms with Crippen molar-refractivity contribution in [1.29, 1.82) is 0 Å². The molecule has 2 aromatic rings. The summed E-state index contributed by atoms with van der Waals surface area (Å²) in [5.74, 6) is 0.767. The molecule has 0 fully saturated rings. The second kappa shape index (κ2) is 7.15. The number of sulfonamides is 1. The fraction of sp³-hybridized carbons (Fsp3) is 0.333. The van der Waals surface area contributed by atoms with Gasteiger partial charge in [-0.25, -0.2) is 8.42 Å². The summed E-state index contributed by atoms with van der Waals surface area (Å²) in [7, 11) is -1.90. The Morgan fingerprint density at radius 1 is 0.913 bits per heavy atom. The molecule has 5 heteroatoms. The van der Waals surface area contributed by atoms with E-state index in [9.17, 15) is 8.42 Å². The molecule has 0 atom stereocenters. The number of nitrogens with zero attached hydrogens (tertiary/aromatic N) is 1. The maximum Gasteiger partial charge on any atom is 0.242 e. The molecule has 0 saturated heterocycles. The minimum atomic E-state index is -3.47. The van der Waals surface area contributed by atoms with Gasteiger partial charge in [-0.3, -0.25) is 0 Å². The van der Waals surface area contributed by atoms with Crippen LogP contribution in [0.2, 0.25) is 0 Å². The maximum atomic E-state index is 12.5. The van der Waals surface area contributed by atoms with Crippen LogP contribution in [0.4, 0.5) is 0 Å². The molecule has 23 heavy (non-hydrogen) atoms. The minimum Gasteiger partial charge on any atom is -0.492 e. The fourth-order valence-corrected chi connectivity index (χ4v) is 3.47. The van der Waals surface area contributed by atoms with Gasteiger partial charge in [0.15, 0.2) is 0 Å². The summed E-state index contributed by atoms with van der Waals surface area (Å²) < 4.78 is 31.9. The molecule has 0 amide bonds. The maximum absolute atomic E-state index is 12.5. The van der Waals surface area contributed by atoms with Crippen LogP contribution in [0.1, 0.15) is 16.7 Å². The molecular weight excluding hydrogens is 310 g/mol. The van der Waals surface area contributed by atoms with Crippen LogP contribution in [-0.4, -0.2) is 32.9 Å². The Morgan fingerprint density at radius 3 is 2.04 bits per heavy atom. The summed E-state index contributed by atoms with van der Waals surface area (Å²) in [5, 5.41) is 0. The van der Waals surface area contributed by atoms with E-state index in [4.69, 9.17) is 4.74 Å². The molecule has 0 unspecified atom stereocenters. The van der Waals surface area contributed by atoms with Crippen LogP contribution in [0.15, 0.2) is 47.4 Å². The first-order valence-corrected chi connectivity index (χ1v) is 8.97. The number of hydrogen-bond donors (Lipinski definition) is 0. The molecule has 0 aromatic heterocycles. The number of ether oxygens (including phenoxy) is 1. The zero-order chi connectivity index (χ0) is 17.0. The monoisotopic (exact) mass is 333 g/mol. The topological polar surface area (TPSA) is 46.6 Å². The van der Waals surface area contributed by atoms with E-state index < -0.39 is 10.0 Å². The van der Waals surface area contributed by atoms with Crippen LogP contribution in [0.25, 0.3) is 0 Å². The third kappa shape index (κ3) is 4.56. The molecule has 0 heterocycles. The van der Waals surface area contributed by atoms with Crippen molar-refractivity contribution in [2.24, 2.45) is 0 Å². The largest absolute Gasteiger partial charge is 0.492 e. The second-order valence-corrected chi connectivity index (χ2v) is 7.86. The van der Waals surface area contributed by atoms with Crippen LogP contribution in [0, 0.1) is 20.8 Å². The Balaban J connectivity index is 1.98. The molecule has 0 N–H and O–H groups in total. The third-order valence-corrected chi connectivity index (χ3v) is 5.47. The summed E-state index contributed by atoms with van der Waals surface area (Å²) in [5.41, 5.74) is 3.28. The first kappa shape index (κ1) is 17.5. The normalized spacial score (nSPS) is 11.7. The highest BCUT2D eigenvalue weighted by molar-refractivity contribution is 7.89. The SMILES string of the molecule is Cc1ccc(S(=O)(=O)N(C)CCOc2cc(C)cc(C)c2)cc1. The average molecular weight is 333 g/mol. The number of benzene rings is 2. The van der Waals surface area contributed by atoms with Crippen LogP contribution >= 0.6 is 0 Å². The van der Waals surface area contributed by atoms with Crippen molar-refractivity contribution in [3.05, 3.63) is 59.2 Å². The molecule has 0 radical (unpaired) electrons. The van der Waals surface area contributed by atoms with E-state index in [0.717, 1.165) is 22.4 Å². The van der Waals surface area contributed by atoms with E-state index >= 15 is 0 Å². The van der Waals surface area contributed by atoms with Crippen LogP contribution in [0.3, 0.4) is 0 Å². The fourth-order valence-electron chi connectivity index (χ4n) is 2.32. The van der Waals surface area contributed by atoms with Crippen molar-refractivity contribution in [1.82, 2.24) is 4.31 Å². The van der Waals surface area contributed by atoms with Gasteiger partial charge in [0.05, 0.1) is 4.90 Å². The molecule has 2 aromatic carbocycles. The number of hydrogen-bond acceptors (Lipinski definition) is 3. The molecular formula is C18H23NO3S. The summed E-state index contributed by atoms with van der Waals surface area (Å²) in [6.45, 7) is 6.55. The van der Waals surface area contributed by atoms with Gasteiger partial charge in [0.25, 0.3) is 0 Å². The standard InChI is InChI=1S/C18H23NO3S/c1-14-5-7-18(8-6-14)23(20,21)19(4)9-10-22-17-12-15(2)11-16(3)13-17/h5-8,11-13H,9-10H2,1-4H3. The second-order valence-electron chi connectivity index (χ2n) is 5.81. The first-order valence-electron chi connectivity index (χ1n) is 7.53. The third-order valence-electron chi connectivity index (χ3n) is 3.60. The summed E-state index contributed by atoms with van der Waals surface area (Å²) in [6, 6.07) is 12.8. The summed E-state index contributed by atoms with van der Waals surface area (Å²) in [6.07, 6.45) is 0. The lowest BCUT2D eigenvalue weighted by atomic mass is 10.1. The Bertz CT molecular complexity index is 747. The van der Waals surface area contributed by atoms with Gasteiger partial charge in [-0.2, -0.15) is 4.31 Å². The van der Waals surface area contributed by atoms with Crippen LogP contribution < -0.4 is 4.74 Å². The summed E-state index contributed by atoms with van der Waals surface area (Å²) in [4.78, 5) is 0.303. The van der Waals surface area contributed by atoms with Gasteiger partial charge >= 0.3 is 0 Å². The zero-order valence-electron chi connectivity index (χ0n) is 14.0. The zero-order valence-corrected chi connectivity index (χ0v) is 14.9. The lowest BCUT2D eigenvalue weighted by molar-refractivity contribution is 0.286. The van der Waals surface area contributed by atoms with Crippen LogP contribution in [-0.2, 0) is 10.0 Å². The van der Waals surface area contributed by atoms with Crippen molar-refractivity contribution in [3.8, 4) is 5.75 Å². The van der Waals surface area contributed by atoms with E-state index in [0.29, 0.717) is 18.0 Å². The lowest BCUT2D eigenvalue weighted by Crippen LogP contribution is -2.31. The van der Waals surface area contributed by atoms with Gasteiger partial charge in [0.1, 0.15) is 12.4 Å². The minimum absolute atomic E-state index is 0.295. The van der Waals surface area contributed by atoms with Gasteiger partial charge < -0.3 is 4.74 Å². The van der Waals surface area contributed by atoms with Crippen molar-refractivity contribution >= 4 is 10.0 Å². The van der Waals surface area contributed by atoms with Crippen LogP contribution in [0.5, 0.6) is 5.75 Å². The lowest BCUT2D eigenvalue weighted by Gasteiger charge is -2.18. The van der Waals surface area contributed by atoms with Gasteiger partial charge in [-0.15, -0.1) is 0 Å². The molecule has 124 valence electrons. The molecule has 2 rings (SSSR count). The molecule has 0 saturated carbocycles. The predicted molar refractivity (Wildman–Crippen MR) is 92.4 cm³/mol. The van der Waals surface area contributed by atoms with Crippen molar-refractivity contribution in [2.45, 2.75) is 25.7 Å². The molecule has 0 bridgehead atoms. The molecule has 4 nitrogen and oxygen atoms in total. The number of rotatable bonds is 6. The highest BCUT2D eigenvalue weighted by atomic mass is 32.2. The van der Waals surface area contributed by atoms with E-state index in [1.807, 2.05) is 32.9 Å². The average Bonchev–Trinajstić information content (AvgIpc) is 2.46. The first-order chi connectivity index (χ1) is 10.8. The number of likely N-dealkylation sites (N-methyl/N-ethyl adjacent to an activating group) is 1. The molecule has 0 aliphatic carbocycles. The Morgan fingerprint density at radius 2 is 1.48 bits per heavy atom. The van der Waals surface area contributed by atoms with Crippen molar-refractivity contribution < 1.29 is 13.2 Å². The van der Waals surface area contributed by atoms with Gasteiger partial charge in [0.2, 0.25) is 10.0 Å². The van der Waals surface area contributed by atoms with Gasteiger partial charge in [-0.05, 0) is 56.2 Å². The molecule has 0 aliphatic rings. The van der Waals surface area contributed by atoms with Gasteiger partial charge in [0, 0.05) is 13.6 Å². The Labute approximate surface area is 138 Å². The highest BCUT2D eigenvalue weighted by Gasteiger charge is 2.20. The summed E-state index contributed by atoms with van der Waals surface area (Å²) >= 11 is 0. The molecule has 0 aliphatic heterocycles. The molecule has 0 spiro atoms. The van der Waals surface area contributed by atoms with E-state index in [1.165, 1.54) is 4.31 Å². The Hall–Kier alpha value is -1.85. The Kier molecular flexibility index (Phi) is 5.44. The van der Waals surface area contributed by atoms with Crippen molar-refractivity contribution in [3.63, 3.8) is 0 Å². The van der Waals surface area contributed by atoms with E-state index in [1.54, 1.807) is 31.3 Å². The van der Waals surface area contributed by atoms with Crippen molar-refractivity contribution in [2.75, 3.05) is 20.2 Å². The van der Waals surface area contributed by atoms with Gasteiger partial charge in [-0.1, -0.05) is 23.8 Å². The smallest absolute Gasteiger partial charge is 0.242 e. The predicted octanol–water partition coefficient (Wildman–Crippen LogP) is 3.31.